The van der Waals surface area contributed by atoms with E-state index in [-0.39, 0.29) is 49.5 Å². The Morgan fingerprint density at radius 2 is 1.78 bits per heavy atom. The van der Waals surface area contributed by atoms with Crippen LogP contribution in [0.3, 0.4) is 0 Å². The van der Waals surface area contributed by atoms with E-state index in [1.807, 2.05) is 0 Å². The van der Waals surface area contributed by atoms with Gasteiger partial charge in [-0.1, -0.05) is 0 Å². The molecule has 1 fully saturated rings. The van der Waals surface area contributed by atoms with Gasteiger partial charge in [0.25, 0.3) is 5.91 Å². The molecule has 1 unspecified atom stereocenters. The van der Waals surface area contributed by atoms with Crippen molar-refractivity contribution in [3.05, 3.63) is 11.3 Å². The second kappa shape index (κ2) is 17.5. The number of aliphatic imine (C=N–C) groups is 1. The van der Waals surface area contributed by atoms with Crippen LogP contribution in [-0.4, -0.2) is 128 Å². The maximum absolute atomic E-state index is 12.8. The Hall–Kier alpha value is -3.98. The molecule has 3 amide bonds. The van der Waals surface area contributed by atoms with E-state index in [1.165, 1.54) is 0 Å². The maximum atomic E-state index is 12.8. The Morgan fingerprint density at radius 1 is 1.09 bits per heavy atom. The summed E-state index contributed by atoms with van der Waals surface area (Å²) in [6.45, 7) is -0.987. The summed E-state index contributed by atoms with van der Waals surface area (Å²) in [6.07, 6.45) is -1.46. The molecule has 20 heteroatoms. The van der Waals surface area contributed by atoms with Gasteiger partial charge in [0.05, 0.1) is 25.2 Å². The van der Waals surface area contributed by atoms with Gasteiger partial charge in [0, 0.05) is 24.3 Å². The molecule has 0 spiro atoms. The molecule has 2 aliphatic heterocycles. The van der Waals surface area contributed by atoms with Gasteiger partial charge in [-0.15, -0.1) is 11.8 Å². The van der Waals surface area contributed by atoms with Crippen molar-refractivity contribution in [2.45, 2.75) is 74.2 Å². The summed E-state index contributed by atoms with van der Waals surface area (Å²) in [4.78, 5) is 77.5. The highest BCUT2D eigenvalue weighted by molar-refractivity contribution is 8.00. The molecule has 2 heterocycles. The van der Waals surface area contributed by atoms with Crippen LogP contribution in [0.2, 0.25) is 0 Å². The lowest BCUT2D eigenvalue weighted by atomic mass is 10.0. The SMILES string of the molecule is NC(N)=NCCC[C@H](NC(=O)[C@@H](N)CO)[C@H](O)CC(=O)OCC1=C(C(=O)O)N2C(=O)[C@@H](NC(=O)CCC[C@@H](N)C(=O)O)C2SC1. The first-order valence-electron chi connectivity index (χ1n) is 13.9. The van der Waals surface area contributed by atoms with E-state index < -0.39 is 96.6 Å². The van der Waals surface area contributed by atoms with Gasteiger partial charge in [-0.05, 0) is 25.7 Å². The summed E-state index contributed by atoms with van der Waals surface area (Å²) in [7, 11) is 0. The van der Waals surface area contributed by atoms with E-state index in [0.29, 0.717) is 6.42 Å². The summed E-state index contributed by atoms with van der Waals surface area (Å²) in [6, 6.07) is -4.37. The number of hydrogen-bond donors (Lipinski definition) is 10. The number of fused-ring (bicyclic) bond motifs is 1. The molecular weight excluding hydrogens is 620 g/mol. The number of aliphatic hydroxyl groups is 2. The fraction of sp³-hybridized carbons (Fsp3) is 0.640. The third-order valence-corrected chi connectivity index (χ3v) is 8.22. The minimum absolute atomic E-state index is 0.0499. The number of carbonyl (C=O) groups excluding carboxylic acids is 4. The molecular formula is C25H40N8O11S. The zero-order valence-electron chi connectivity index (χ0n) is 24.3. The van der Waals surface area contributed by atoms with Crippen LogP contribution in [0.5, 0.6) is 0 Å². The van der Waals surface area contributed by atoms with Crippen LogP contribution in [0.15, 0.2) is 16.3 Å². The summed E-state index contributed by atoms with van der Waals surface area (Å²) >= 11 is 1.15. The quantitative estimate of drug-likeness (QED) is 0.0205. The van der Waals surface area contributed by atoms with Crippen LogP contribution < -0.4 is 33.6 Å². The molecule has 0 saturated carbocycles. The average molecular weight is 661 g/mol. The van der Waals surface area contributed by atoms with Crippen LogP contribution in [0.4, 0.5) is 0 Å². The number of amides is 3. The summed E-state index contributed by atoms with van der Waals surface area (Å²) in [5.74, 6) is -5.64. The molecule has 2 aliphatic rings. The predicted molar refractivity (Wildman–Crippen MR) is 158 cm³/mol. The average Bonchev–Trinajstić information content (AvgIpc) is 2.98. The predicted octanol–water partition coefficient (Wildman–Crippen LogP) is -4.54. The summed E-state index contributed by atoms with van der Waals surface area (Å²) < 4.78 is 5.20. The van der Waals surface area contributed by atoms with Crippen molar-refractivity contribution in [1.82, 2.24) is 15.5 Å². The van der Waals surface area contributed by atoms with Gasteiger partial charge in [0.15, 0.2) is 5.96 Å². The first-order chi connectivity index (χ1) is 21.2. The molecule has 0 bridgehead atoms. The Balaban J connectivity index is 1.98. The van der Waals surface area contributed by atoms with Crippen molar-refractivity contribution in [2.75, 3.05) is 25.5 Å². The van der Waals surface area contributed by atoms with E-state index in [9.17, 15) is 39.0 Å². The highest BCUT2D eigenvalue weighted by Gasteiger charge is 2.54. The van der Waals surface area contributed by atoms with Crippen LogP contribution >= 0.6 is 11.8 Å². The molecule has 1 saturated heterocycles. The third kappa shape index (κ3) is 10.8. The largest absolute Gasteiger partial charge is 0.480 e. The molecule has 0 aromatic carbocycles. The molecule has 0 aromatic rings. The normalized spacial score (nSPS) is 20.1. The zero-order valence-corrected chi connectivity index (χ0v) is 25.1. The van der Waals surface area contributed by atoms with Gasteiger partial charge in [0.2, 0.25) is 11.8 Å². The van der Waals surface area contributed by atoms with Crippen molar-refractivity contribution >= 4 is 53.4 Å². The third-order valence-electron chi connectivity index (χ3n) is 6.88. The van der Waals surface area contributed by atoms with E-state index in [2.05, 4.69) is 15.6 Å². The van der Waals surface area contributed by atoms with E-state index >= 15 is 0 Å². The molecule has 45 heavy (non-hydrogen) atoms. The van der Waals surface area contributed by atoms with Gasteiger partial charge in [-0.3, -0.25) is 33.9 Å². The Kier molecular flexibility index (Phi) is 14.5. The van der Waals surface area contributed by atoms with Gasteiger partial charge in [-0.25, -0.2) is 4.79 Å². The second-order valence-electron chi connectivity index (χ2n) is 10.3. The van der Waals surface area contributed by atoms with Gasteiger partial charge < -0.3 is 58.7 Å². The second-order valence-corrected chi connectivity index (χ2v) is 11.4. The topological polar surface area (TPSA) is 336 Å². The van der Waals surface area contributed by atoms with Crippen molar-refractivity contribution in [3.8, 4) is 0 Å². The number of carboxylic acids is 2. The van der Waals surface area contributed by atoms with Crippen LogP contribution in [-0.2, 0) is 33.5 Å². The molecule has 0 aromatic heterocycles. The number of rotatable bonds is 19. The number of ether oxygens (including phenoxy) is 1. The first-order valence-corrected chi connectivity index (χ1v) is 15.0. The molecule has 19 nitrogen and oxygen atoms in total. The molecule has 0 aliphatic carbocycles. The van der Waals surface area contributed by atoms with E-state index in [1.54, 1.807) is 0 Å². The number of carboxylic acid groups (broad SMARTS) is 2. The van der Waals surface area contributed by atoms with Gasteiger partial charge >= 0.3 is 17.9 Å². The number of aliphatic carboxylic acids is 2. The Bertz CT molecular complexity index is 1200. The van der Waals surface area contributed by atoms with Gasteiger partial charge in [0.1, 0.15) is 35.8 Å². The Morgan fingerprint density at radius 3 is 2.38 bits per heavy atom. The van der Waals surface area contributed by atoms with Crippen molar-refractivity contribution in [3.63, 3.8) is 0 Å². The first kappa shape index (κ1) is 37.2. The fourth-order valence-corrected chi connectivity index (χ4v) is 5.77. The number of esters is 1. The molecule has 6 atom stereocenters. The number of nitrogens with zero attached hydrogens (tertiary/aromatic N) is 2. The van der Waals surface area contributed by atoms with Gasteiger partial charge in [-0.2, -0.15) is 0 Å². The molecule has 0 radical (unpaired) electrons. The molecule has 14 N–H and O–H groups in total. The van der Waals surface area contributed by atoms with Crippen molar-refractivity contribution in [1.29, 1.82) is 0 Å². The minimum Gasteiger partial charge on any atom is -0.480 e. The number of nitrogens with one attached hydrogen (secondary N) is 2. The van der Waals surface area contributed by atoms with Crippen LogP contribution in [0, 0.1) is 0 Å². The smallest absolute Gasteiger partial charge is 0.352 e. The maximum Gasteiger partial charge on any atom is 0.352 e. The molecule has 252 valence electrons. The van der Waals surface area contributed by atoms with Crippen LogP contribution in [0.1, 0.15) is 38.5 Å². The van der Waals surface area contributed by atoms with E-state index in [4.69, 9.17) is 37.9 Å². The molecule has 2 rings (SSSR count). The number of β-lactam (4-membered cyclic amide) rings is 1. The summed E-state index contributed by atoms with van der Waals surface area (Å²) in [5, 5.41) is 42.7. The van der Waals surface area contributed by atoms with Crippen molar-refractivity contribution < 1.29 is 53.9 Å². The monoisotopic (exact) mass is 660 g/mol. The summed E-state index contributed by atoms with van der Waals surface area (Å²) in [5.41, 5.74) is 21.2. The number of guanidine groups is 1. The fourth-order valence-electron chi connectivity index (χ4n) is 4.44. The number of aliphatic hydroxyl groups excluding tert-OH is 2. The number of thioether (sulfide) groups is 1. The highest BCUT2D eigenvalue weighted by Crippen LogP contribution is 2.40. The number of hydrogen-bond acceptors (Lipinski definition) is 13. The highest BCUT2D eigenvalue weighted by atomic mass is 32.2. The van der Waals surface area contributed by atoms with E-state index in [0.717, 1.165) is 16.7 Å². The lowest BCUT2D eigenvalue weighted by molar-refractivity contribution is -0.151. The lowest BCUT2D eigenvalue weighted by Gasteiger charge is -2.49. The standard InChI is InChI=1S/C25H40N8O11S/c26-12(23(40)41)3-1-5-16(36)32-18-21(39)33-19(24(42)43)11(10-45-22(18)33)9-44-17(37)7-15(35)14(4-2-6-30-25(28)29)31-20(38)13(27)8-34/h12-15,18,22,34-35H,1-10,26-27H2,(H,31,38)(H,32,36)(H,40,41)(H,42,43)(H4,28,29,30)/t12-,13+,14+,15-,18-,22?/m1/s1. The Labute approximate surface area is 261 Å². The zero-order chi connectivity index (χ0) is 33.8. The number of nitrogens with two attached hydrogens (primary N) is 4. The number of carbonyl (C=O) groups is 6. The lowest BCUT2D eigenvalue weighted by Crippen LogP contribution is -2.70. The minimum atomic E-state index is -1.45. The van der Waals surface area contributed by atoms with Crippen LogP contribution in [0.25, 0.3) is 0 Å². The van der Waals surface area contributed by atoms with Crippen molar-refractivity contribution in [2.24, 2.45) is 27.9 Å².